The van der Waals surface area contributed by atoms with Crippen LogP contribution in [0.1, 0.15) is 72.6 Å². The van der Waals surface area contributed by atoms with Crippen molar-refractivity contribution < 1.29 is 29.9 Å². The lowest BCUT2D eigenvalue weighted by molar-refractivity contribution is -0.271. The highest BCUT2D eigenvalue weighted by molar-refractivity contribution is 5.42. The number of rotatable bonds is 3. The Hall–Kier alpha value is -0.760. The number of allylic oxidation sites excluding steroid dienone is 3. The first kappa shape index (κ1) is 25.5. The van der Waals surface area contributed by atoms with Gasteiger partial charge in [0.25, 0.3) is 0 Å². The number of ether oxygens (including phenoxy) is 2. The average Bonchev–Trinajstić information content (AvgIpc) is 3.13. The molecule has 0 aromatic carbocycles. The Balaban J connectivity index is 1.45. The van der Waals surface area contributed by atoms with Gasteiger partial charge in [-0.05, 0) is 73.2 Å². The summed E-state index contributed by atoms with van der Waals surface area (Å²) in [6.45, 7) is 8.72. The molecule has 0 amide bonds. The third kappa shape index (κ3) is 2.79. The Morgan fingerprint density at radius 1 is 1.03 bits per heavy atom. The molecule has 6 nitrogen and oxygen atoms in total. The van der Waals surface area contributed by atoms with Crippen molar-refractivity contribution in [1.82, 2.24) is 0 Å². The van der Waals surface area contributed by atoms with Crippen LogP contribution in [0.15, 0.2) is 23.8 Å². The summed E-state index contributed by atoms with van der Waals surface area (Å²) >= 11 is 0. The monoisotopic (exact) mass is 502 g/mol. The molecular weight excluding hydrogens is 456 g/mol. The summed E-state index contributed by atoms with van der Waals surface area (Å²) in [7, 11) is 1.77. The van der Waals surface area contributed by atoms with E-state index >= 15 is 0 Å². The second-order valence-corrected chi connectivity index (χ2v) is 14.5. The van der Waals surface area contributed by atoms with E-state index in [0.717, 1.165) is 38.5 Å². The number of aliphatic hydroxyl groups excluding tert-OH is 4. The van der Waals surface area contributed by atoms with Crippen LogP contribution in [-0.4, -0.2) is 65.4 Å². The van der Waals surface area contributed by atoms with E-state index < -0.39 is 17.6 Å². The van der Waals surface area contributed by atoms with E-state index in [4.69, 9.17) is 9.47 Å². The topological polar surface area (TPSA) is 99.4 Å². The molecule has 1 heterocycles. The zero-order chi connectivity index (χ0) is 25.9. The van der Waals surface area contributed by atoms with Crippen LogP contribution in [0.3, 0.4) is 0 Å². The molecule has 4 N–H and O–H groups in total. The van der Waals surface area contributed by atoms with E-state index in [0.29, 0.717) is 6.42 Å². The molecule has 2 bridgehead atoms. The van der Waals surface area contributed by atoms with Crippen molar-refractivity contribution in [3.63, 3.8) is 0 Å². The van der Waals surface area contributed by atoms with Crippen molar-refractivity contribution in [3.8, 4) is 0 Å². The van der Waals surface area contributed by atoms with Gasteiger partial charge in [-0.2, -0.15) is 0 Å². The predicted molar refractivity (Wildman–Crippen MR) is 136 cm³/mol. The normalized spacial score (nSPS) is 56.8. The number of aliphatic hydroxyl groups is 4. The minimum Gasteiger partial charge on any atom is -0.396 e. The third-order valence-electron chi connectivity index (χ3n) is 13.0. The lowest BCUT2D eigenvalue weighted by atomic mass is 9.35. The lowest BCUT2D eigenvalue weighted by Crippen LogP contribution is -2.69. The van der Waals surface area contributed by atoms with Gasteiger partial charge in [0.05, 0.1) is 31.5 Å². The van der Waals surface area contributed by atoms with Gasteiger partial charge in [-0.1, -0.05) is 45.9 Å². The molecule has 3 saturated carbocycles. The third-order valence-corrected chi connectivity index (χ3v) is 13.0. The summed E-state index contributed by atoms with van der Waals surface area (Å²) in [6, 6.07) is 0. The second kappa shape index (κ2) is 7.67. The summed E-state index contributed by atoms with van der Waals surface area (Å²) in [5.41, 5.74) is -0.0783. The zero-order valence-corrected chi connectivity index (χ0v) is 22.7. The first-order valence-corrected chi connectivity index (χ1v) is 14.1. The van der Waals surface area contributed by atoms with Crippen LogP contribution in [-0.2, 0) is 9.47 Å². The fourth-order valence-electron chi connectivity index (χ4n) is 10.9. The average molecular weight is 503 g/mol. The molecule has 6 aliphatic rings. The maximum Gasteiger partial charge on any atom is 0.162 e. The van der Waals surface area contributed by atoms with E-state index in [1.807, 2.05) is 0 Å². The maximum atomic E-state index is 11.0. The standard InChI is InChI=1S/C30H46O6/c1-25-10-11-29(15-25)12-18-6-7-20-26(2)13-19(33)23(34)30(16-31,17-32)21(26)8-9-27(20,3)28(18,4)14-22(29)36-24(25)35-5/h6-7,12,19-24,31-34H,8-11,13-17H2,1-5H3/t19-,20-,21-,22+,23-,24-,25+,26-,27-,28-,29-/m1/s1. The highest BCUT2D eigenvalue weighted by Crippen LogP contribution is 2.74. The van der Waals surface area contributed by atoms with Gasteiger partial charge in [0, 0.05) is 28.8 Å². The summed E-state index contributed by atoms with van der Waals surface area (Å²) in [5, 5.41) is 42.9. The first-order chi connectivity index (χ1) is 16.9. The number of fused-ring (bicyclic) bond motifs is 6. The summed E-state index contributed by atoms with van der Waals surface area (Å²) in [6.07, 6.45) is 11.7. The summed E-state index contributed by atoms with van der Waals surface area (Å²) in [5.74, 6) is 0.0692. The fraction of sp³-hybridized carbons (Fsp3) is 0.867. The Morgan fingerprint density at radius 3 is 2.42 bits per heavy atom. The van der Waals surface area contributed by atoms with Crippen molar-refractivity contribution in [2.24, 2.45) is 44.3 Å². The highest BCUT2D eigenvalue weighted by atomic mass is 16.7. The molecule has 4 fully saturated rings. The van der Waals surface area contributed by atoms with Gasteiger partial charge >= 0.3 is 0 Å². The van der Waals surface area contributed by atoms with E-state index in [1.165, 1.54) is 5.57 Å². The van der Waals surface area contributed by atoms with Crippen LogP contribution < -0.4 is 0 Å². The molecular formula is C30H46O6. The maximum absolute atomic E-state index is 11.0. The summed E-state index contributed by atoms with van der Waals surface area (Å²) in [4.78, 5) is 0. The number of hydrogen-bond acceptors (Lipinski definition) is 6. The number of hydrogen-bond donors (Lipinski definition) is 4. The van der Waals surface area contributed by atoms with Crippen LogP contribution in [0.2, 0.25) is 0 Å². The predicted octanol–water partition coefficient (Wildman–Crippen LogP) is 3.58. The first-order valence-electron chi connectivity index (χ1n) is 14.1. The van der Waals surface area contributed by atoms with E-state index in [1.54, 1.807) is 7.11 Å². The molecule has 0 aromatic heterocycles. The van der Waals surface area contributed by atoms with Crippen molar-refractivity contribution in [2.75, 3.05) is 20.3 Å². The van der Waals surface area contributed by atoms with E-state index in [2.05, 4.69) is 45.9 Å². The molecule has 202 valence electrons. The molecule has 6 heteroatoms. The van der Waals surface area contributed by atoms with Crippen molar-refractivity contribution in [2.45, 2.75) is 97.2 Å². The largest absolute Gasteiger partial charge is 0.396 e. The van der Waals surface area contributed by atoms with Crippen LogP contribution in [0.5, 0.6) is 0 Å². The SMILES string of the molecule is CO[C@@H]1O[C@H]2C[C@]3(C)C(=C[C@@]24CC[C@@]1(C)C4)C=C[C@@H]1[C@@]2(C)C[C@@H](O)[C@@H](O)C(CO)(CO)[C@@H]2CC[C@]13C. The van der Waals surface area contributed by atoms with Gasteiger partial charge in [0.2, 0.25) is 0 Å². The smallest absolute Gasteiger partial charge is 0.162 e. The Labute approximate surface area is 215 Å². The summed E-state index contributed by atoms with van der Waals surface area (Å²) < 4.78 is 12.6. The van der Waals surface area contributed by atoms with Crippen molar-refractivity contribution in [3.05, 3.63) is 23.8 Å². The molecule has 0 radical (unpaired) electrons. The molecule has 36 heavy (non-hydrogen) atoms. The number of methoxy groups -OCH3 is 1. The second-order valence-electron chi connectivity index (χ2n) is 14.5. The van der Waals surface area contributed by atoms with Gasteiger partial charge < -0.3 is 29.9 Å². The van der Waals surface area contributed by atoms with Gasteiger partial charge in [-0.25, -0.2) is 0 Å². The van der Waals surface area contributed by atoms with Crippen LogP contribution in [0.25, 0.3) is 0 Å². The Morgan fingerprint density at radius 2 is 1.75 bits per heavy atom. The van der Waals surface area contributed by atoms with Crippen LogP contribution >= 0.6 is 0 Å². The molecule has 1 saturated heterocycles. The Bertz CT molecular complexity index is 988. The minimum absolute atomic E-state index is 0.0589. The molecule has 5 aliphatic carbocycles. The fourth-order valence-corrected chi connectivity index (χ4v) is 10.9. The lowest BCUT2D eigenvalue weighted by Gasteiger charge is -2.70. The molecule has 11 atom stereocenters. The highest BCUT2D eigenvalue weighted by Gasteiger charge is 2.70. The molecule has 6 rings (SSSR count). The quantitative estimate of drug-likeness (QED) is 0.471. The van der Waals surface area contributed by atoms with Crippen molar-refractivity contribution >= 4 is 0 Å². The van der Waals surface area contributed by atoms with Crippen molar-refractivity contribution in [1.29, 1.82) is 0 Å². The van der Waals surface area contributed by atoms with Gasteiger partial charge in [-0.3, -0.25) is 0 Å². The molecule has 1 spiro atoms. The molecule has 1 aliphatic heterocycles. The van der Waals surface area contributed by atoms with Crippen LogP contribution in [0, 0.1) is 44.3 Å². The van der Waals surface area contributed by atoms with E-state index in [9.17, 15) is 20.4 Å². The Kier molecular flexibility index (Phi) is 5.43. The van der Waals surface area contributed by atoms with Gasteiger partial charge in [-0.15, -0.1) is 0 Å². The van der Waals surface area contributed by atoms with E-state index in [-0.39, 0.29) is 64.5 Å². The van der Waals surface area contributed by atoms with Gasteiger partial charge in [0.15, 0.2) is 6.29 Å². The molecule has 0 aromatic rings. The van der Waals surface area contributed by atoms with Gasteiger partial charge in [0.1, 0.15) is 0 Å². The van der Waals surface area contributed by atoms with Crippen LogP contribution in [0.4, 0.5) is 0 Å². The molecule has 0 unspecified atom stereocenters. The minimum atomic E-state index is -1.12. The zero-order valence-electron chi connectivity index (χ0n) is 22.7.